The molecule has 0 saturated carbocycles. The number of imidazole rings is 2. The van der Waals surface area contributed by atoms with E-state index in [1.165, 1.54) is 5.56 Å². The van der Waals surface area contributed by atoms with Gasteiger partial charge in [-0.05, 0) is 36.8 Å². The quantitative estimate of drug-likeness (QED) is 0.571. The summed E-state index contributed by atoms with van der Waals surface area (Å²) in [6.45, 7) is 2.08. The van der Waals surface area contributed by atoms with Crippen LogP contribution in [0.25, 0.3) is 33.7 Å². The lowest BCUT2D eigenvalue weighted by molar-refractivity contribution is 0.945. The van der Waals surface area contributed by atoms with Crippen LogP contribution < -0.4 is 0 Å². The number of aromatic amines is 1. The largest absolute Gasteiger partial charge is 0.335 e. The van der Waals surface area contributed by atoms with E-state index in [1.807, 2.05) is 31.3 Å². The highest BCUT2D eigenvalue weighted by Crippen LogP contribution is 2.24. The Bertz CT molecular complexity index is 930. The smallest absolute Gasteiger partial charge is 0.177 e. The number of benzene rings is 2. The lowest BCUT2D eigenvalue weighted by Crippen LogP contribution is -1.93. The fourth-order valence-corrected chi connectivity index (χ4v) is 2.59. The van der Waals surface area contributed by atoms with Crippen molar-refractivity contribution in [1.82, 2.24) is 19.5 Å². The van der Waals surface area contributed by atoms with E-state index in [-0.39, 0.29) is 0 Å². The zero-order valence-electron chi connectivity index (χ0n) is 11.4. The second-order valence-electron chi connectivity index (χ2n) is 5.09. The number of fused-ring (bicyclic) bond motifs is 2. The van der Waals surface area contributed by atoms with Crippen molar-refractivity contribution in [3.63, 3.8) is 0 Å². The minimum atomic E-state index is 0.810. The highest BCUT2D eigenvalue weighted by molar-refractivity contribution is 5.83. The molecular weight excluding hydrogens is 248 g/mol. The maximum absolute atomic E-state index is 4.67. The maximum atomic E-state index is 4.67. The molecule has 0 atom stereocenters. The van der Waals surface area contributed by atoms with Gasteiger partial charge in [-0.15, -0.1) is 0 Å². The molecule has 2 heterocycles. The van der Waals surface area contributed by atoms with E-state index in [2.05, 4.69) is 44.6 Å². The summed E-state index contributed by atoms with van der Waals surface area (Å²) >= 11 is 0. The molecule has 2 aromatic carbocycles. The van der Waals surface area contributed by atoms with E-state index in [9.17, 15) is 0 Å². The summed E-state index contributed by atoms with van der Waals surface area (Å²) in [5, 5.41) is 0. The van der Waals surface area contributed by atoms with E-state index < -0.39 is 0 Å². The van der Waals surface area contributed by atoms with Gasteiger partial charge in [0.25, 0.3) is 0 Å². The Labute approximate surface area is 116 Å². The number of aromatic nitrogens is 4. The third-order valence-corrected chi connectivity index (χ3v) is 3.64. The molecule has 0 spiro atoms. The van der Waals surface area contributed by atoms with Gasteiger partial charge in [-0.1, -0.05) is 18.2 Å². The zero-order chi connectivity index (χ0) is 13.7. The van der Waals surface area contributed by atoms with Gasteiger partial charge in [0.1, 0.15) is 0 Å². The first kappa shape index (κ1) is 11.2. The SMILES string of the molecule is Cc1ccc2nc(-c3nc4ccccc4n3C)[nH]c2c1. The number of rotatable bonds is 1. The van der Waals surface area contributed by atoms with Crippen LogP contribution in [0.1, 0.15) is 5.56 Å². The number of para-hydroxylation sites is 2. The van der Waals surface area contributed by atoms with Crippen molar-refractivity contribution in [3.8, 4) is 11.6 Å². The molecule has 0 aliphatic rings. The maximum Gasteiger partial charge on any atom is 0.177 e. The van der Waals surface area contributed by atoms with Crippen LogP contribution in [0.5, 0.6) is 0 Å². The van der Waals surface area contributed by atoms with Crippen molar-refractivity contribution in [2.45, 2.75) is 6.92 Å². The van der Waals surface area contributed by atoms with Crippen LogP contribution in [0.4, 0.5) is 0 Å². The van der Waals surface area contributed by atoms with Crippen LogP contribution >= 0.6 is 0 Å². The van der Waals surface area contributed by atoms with E-state index in [4.69, 9.17) is 0 Å². The topological polar surface area (TPSA) is 46.5 Å². The highest BCUT2D eigenvalue weighted by atomic mass is 15.1. The number of aryl methyl sites for hydroxylation is 2. The van der Waals surface area contributed by atoms with E-state index in [0.717, 1.165) is 33.7 Å². The molecule has 4 aromatic rings. The van der Waals surface area contributed by atoms with Crippen LogP contribution in [0.2, 0.25) is 0 Å². The molecule has 0 amide bonds. The van der Waals surface area contributed by atoms with Crippen molar-refractivity contribution in [2.75, 3.05) is 0 Å². The van der Waals surface area contributed by atoms with Crippen LogP contribution in [0.15, 0.2) is 42.5 Å². The summed E-state index contributed by atoms with van der Waals surface area (Å²) in [6.07, 6.45) is 0. The van der Waals surface area contributed by atoms with E-state index in [1.54, 1.807) is 0 Å². The Morgan fingerprint density at radius 3 is 2.70 bits per heavy atom. The fourth-order valence-electron chi connectivity index (χ4n) is 2.59. The molecule has 0 radical (unpaired) electrons. The molecule has 0 unspecified atom stereocenters. The minimum Gasteiger partial charge on any atom is -0.335 e. The summed E-state index contributed by atoms with van der Waals surface area (Å²) < 4.78 is 2.07. The number of H-pyrrole nitrogens is 1. The van der Waals surface area contributed by atoms with Crippen LogP contribution in [-0.2, 0) is 7.05 Å². The number of hydrogen-bond donors (Lipinski definition) is 1. The van der Waals surface area contributed by atoms with Crippen molar-refractivity contribution in [2.24, 2.45) is 7.05 Å². The Kier molecular flexibility index (Phi) is 2.21. The van der Waals surface area contributed by atoms with Gasteiger partial charge in [0.15, 0.2) is 11.6 Å². The number of nitrogens with zero attached hydrogens (tertiary/aromatic N) is 3. The first-order chi connectivity index (χ1) is 9.72. The van der Waals surface area contributed by atoms with Gasteiger partial charge in [0.2, 0.25) is 0 Å². The average Bonchev–Trinajstić information content (AvgIpc) is 3.00. The Morgan fingerprint density at radius 2 is 1.85 bits per heavy atom. The third kappa shape index (κ3) is 1.54. The lowest BCUT2D eigenvalue weighted by Gasteiger charge is -1.97. The summed E-state index contributed by atoms with van der Waals surface area (Å²) in [5.41, 5.74) is 5.34. The first-order valence-corrected chi connectivity index (χ1v) is 6.60. The summed E-state index contributed by atoms with van der Waals surface area (Å²) in [4.78, 5) is 12.7. The highest BCUT2D eigenvalue weighted by Gasteiger charge is 2.13. The Morgan fingerprint density at radius 1 is 1.00 bits per heavy atom. The molecular formula is C16H14N4. The molecule has 1 N–H and O–H groups in total. The molecule has 0 aliphatic heterocycles. The number of hydrogen-bond acceptors (Lipinski definition) is 2. The molecule has 0 saturated heterocycles. The second kappa shape index (κ2) is 3.93. The Balaban J connectivity index is 1.98. The van der Waals surface area contributed by atoms with E-state index in [0.29, 0.717) is 0 Å². The van der Waals surface area contributed by atoms with Crippen LogP contribution in [-0.4, -0.2) is 19.5 Å². The third-order valence-electron chi connectivity index (χ3n) is 3.64. The van der Waals surface area contributed by atoms with Gasteiger partial charge < -0.3 is 9.55 Å². The van der Waals surface area contributed by atoms with Gasteiger partial charge in [-0.25, -0.2) is 9.97 Å². The monoisotopic (exact) mass is 262 g/mol. The predicted molar refractivity (Wildman–Crippen MR) is 80.5 cm³/mol. The normalized spacial score (nSPS) is 11.5. The van der Waals surface area contributed by atoms with Crippen molar-refractivity contribution < 1.29 is 0 Å². The average molecular weight is 262 g/mol. The molecule has 0 bridgehead atoms. The summed E-state index contributed by atoms with van der Waals surface area (Å²) in [6, 6.07) is 14.3. The molecule has 4 rings (SSSR count). The van der Waals surface area contributed by atoms with Crippen molar-refractivity contribution >= 4 is 22.1 Å². The zero-order valence-corrected chi connectivity index (χ0v) is 11.4. The Hall–Kier alpha value is -2.62. The van der Waals surface area contributed by atoms with Crippen LogP contribution in [0, 0.1) is 6.92 Å². The lowest BCUT2D eigenvalue weighted by atomic mass is 10.2. The van der Waals surface area contributed by atoms with Gasteiger partial charge in [0.05, 0.1) is 22.1 Å². The minimum absolute atomic E-state index is 0.810. The van der Waals surface area contributed by atoms with Crippen molar-refractivity contribution in [1.29, 1.82) is 0 Å². The molecule has 20 heavy (non-hydrogen) atoms. The summed E-state index contributed by atoms with van der Waals surface area (Å²) in [5.74, 6) is 1.67. The van der Waals surface area contributed by atoms with Gasteiger partial charge >= 0.3 is 0 Å². The predicted octanol–water partition coefficient (Wildman–Crippen LogP) is 3.43. The van der Waals surface area contributed by atoms with Crippen molar-refractivity contribution in [3.05, 3.63) is 48.0 Å². The van der Waals surface area contributed by atoms with Crippen LogP contribution in [0.3, 0.4) is 0 Å². The molecule has 2 aromatic heterocycles. The van der Waals surface area contributed by atoms with E-state index >= 15 is 0 Å². The second-order valence-corrected chi connectivity index (χ2v) is 5.09. The number of nitrogens with one attached hydrogen (secondary N) is 1. The molecule has 98 valence electrons. The fraction of sp³-hybridized carbons (Fsp3) is 0.125. The first-order valence-electron chi connectivity index (χ1n) is 6.60. The molecule has 4 heteroatoms. The molecule has 4 nitrogen and oxygen atoms in total. The molecule has 0 fully saturated rings. The standard InChI is InChI=1S/C16H14N4/c1-10-7-8-11-13(9-10)18-15(17-11)16-19-12-5-3-4-6-14(12)20(16)2/h3-9H,1-2H3,(H,17,18). The van der Waals surface area contributed by atoms with Gasteiger partial charge in [-0.3, -0.25) is 0 Å². The molecule has 0 aliphatic carbocycles. The van der Waals surface area contributed by atoms with Gasteiger partial charge in [-0.2, -0.15) is 0 Å². The van der Waals surface area contributed by atoms with Gasteiger partial charge in [0, 0.05) is 7.05 Å². The summed E-state index contributed by atoms with van der Waals surface area (Å²) in [7, 11) is 2.02.